The second-order valence-electron chi connectivity index (χ2n) is 5.58. The molecule has 2 aliphatic rings. The molecule has 2 rings (SSSR count). The molecule has 0 amide bonds. The number of piperidine rings is 1. The van der Waals surface area contributed by atoms with Crippen molar-refractivity contribution in [2.75, 3.05) is 39.4 Å². The number of nitrogens with one attached hydrogen (secondary N) is 1. The largest absolute Gasteiger partial charge is 0.380 e. The predicted molar refractivity (Wildman–Crippen MR) is 71.3 cm³/mol. The number of hydrogen-bond donors (Lipinski definition) is 1. The van der Waals surface area contributed by atoms with E-state index in [1.807, 2.05) is 0 Å². The SMILES string of the molecule is CCCNCC1CCCN(C2CCCOC2)C1. The molecule has 100 valence electrons. The maximum atomic E-state index is 5.61. The fraction of sp³-hybridized carbons (Fsp3) is 1.00. The van der Waals surface area contributed by atoms with Crippen LogP contribution in [0.1, 0.15) is 39.0 Å². The van der Waals surface area contributed by atoms with Crippen molar-refractivity contribution in [1.29, 1.82) is 0 Å². The van der Waals surface area contributed by atoms with E-state index in [1.165, 1.54) is 58.3 Å². The number of likely N-dealkylation sites (tertiary alicyclic amines) is 1. The van der Waals surface area contributed by atoms with Crippen molar-refractivity contribution in [3.05, 3.63) is 0 Å². The van der Waals surface area contributed by atoms with Crippen LogP contribution in [0, 0.1) is 5.92 Å². The van der Waals surface area contributed by atoms with Crippen LogP contribution < -0.4 is 5.32 Å². The number of hydrogen-bond acceptors (Lipinski definition) is 3. The summed E-state index contributed by atoms with van der Waals surface area (Å²) >= 11 is 0. The topological polar surface area (TPSA) is 24.5 Å². The van der Waals surface area contributed by atoms with E-state index in [4.69, 9.17) is 4.74 Å². The molecule has 1 N–H and O–H groups in total. The van der Waals surface area contributed by atoms with Gasteiger partial charge in [-0.25, -0.2) is 0 Å². The van der Waals surface area contributed by atoms with Crippen LogP contribution in [0.15, 0.2) is 0 Å². The van der Waals surface area contributed by atoms with E-state index >= 15 is 0 Å². The van der Waals surface area contributed by atoms with Crippen LogP contribution in [0.2, 0.25) is 0 Å². The molecule has 3 nitrogen and oxygen atoms in total. The number of ether oxygens (including phenoxy) is 1. The fourth-order valence-electron chi connectivity index (χ4n) is 3.09. The van der Waals surface area contributed by atoms with Crippen LogP contribution in [0.25, 0.3) is 0 Å². The summed E-state index contributed by atoms with van der Waals surface area (Å²) in [7, 11) is 0. The van der Waals surface area contributed by atoms with Crippen LogP contribution in [0.4, 0.5) is 0 Å². The third-order valence-electron chi connectivity index (χ3n) is 4.06. The molecule has 0 bridgehead atoms. The molecule has 2 saturated heterocycles. The molecule has 2 fully saturated rings. The highest BCUT2D eigenvalue weighted by Gasteiger charge is 2.26. The van der Waals surface area contributed by atoms with Crippen molar-refractivity contribution >= 4 is 0 Å². The first kappa shape index (κ1) is 13.3. The van der Waals surface area contributed by atoms with Gasteiger partial charge < -0.3 is 10.1 Å². The van der Waals surface area contributed by atoms with Crippen LogP contribution in [0.5, 0.6) is 0 Å². The van der Waals surface area contributed by atoms with Gasteiger partial charge in [-0.1, -0.05) is 6.92 Å². The third-order valence-corrected chi connectivity index (χ3v) is 4.06. The summed E-state index contributed by atoms with van der Waals surface area (Å²) in [6.07, 6.45) is 6.61. The minimum atomic E-state index is 0.706. The predicted octanol–water partition coefficient (Wildman–Crippen LogP) is 1.88. The lowest BCUT2D eigenvalue weighted by Gasteiger charge is -2.39. The average molecular weight is 240 g/mol. The Kier molecular flexibility index (Phi) is 5.75. The Morgan fingerprint density at radius 1 is 1.29 bits per heavy atom. The highest BCUT2D eigenvalue weighted by molar-refractivity contribution is 4.81. The minimum Gasteiger partial charge on any atom is -0.380 e. The van der Waals surface area contributed by atoms with E-state index in [-0.39, 0.29) is 0 Å². The molecule has 0 saturated carbocycles. The third kappa shape index (κ3) is 4.23. The normalized spacial score (nSPS) is 31.6. The standard InChI is InChI=1S/C14H28N2O/c1-2-7-15-10-13-5-3-8-16(11-13)14-6-4-9-17-12-14/h13-15H,2-12H2,1H3. The molecule has 0 radical (unpaired) electrons. The Morgan fingerprint density at radius 3 is 3.00 bits per heavy atom. The van der Waals surface area contributed by atoms with Gasteiger partial charge in [0.05, 0.1) is 6.61 Å². The molecule has 0 aliphatic carbocycles. The molecular weight excluding hydrogens is 212 g/mol. The summed E-state index contributed by atoms with van der Waals surface area (Å²) in [5.74, 6) is 0.859. The number of rotatable bonds is 5. The smallest absolute Gasteiger partial charge is 0.0621 e. The highest BCUT2D eigenvalue weighted by atomic mass is 16.5. The zero-order valence-corrected chi connectivity index (χ0v) is 11.3. The van der Waals surface area contributed by atoms with E-state index in [0.717, 1.165) is 19.1 Å². The van der Waals surface area contributed by atoms with Crippen molar-refractivity contribution < 1.29 is 4.74 Å². The van der Waals surface area contributed by atoms with Gasteiger partial charge in [0.1, 0.15) is 0 Å². The van der Waals surface area contributed by atoms with Gasteiger partial charge in [0.2, 0.25) is 0 Å². The van der Waals surface area contributed by atoms with Crippen molar-refractivity contribution in [2.24, 2.45) is 5.92 Å². The Morgan fingerprint density at radius 2 is 2.24 bits per heavy atom. The van der Waals surface area contributed by atoms with Gasteiger partial charge in [0.15, 0.2) is 0 Å². The Balaban J connectivity index is 1.71. The molecule has 0 aromatic carbocycles. The first-order valence-corrected chi connectivity index (χ1v) is 7.42. The summed E-state index contributed by atoms with van der Waals surface area (Å²) in [5, 5.41) is 3.57. The molecule has 0 aromatic rings. The van der Waals surface area contributed by atoms with Crippen molar-refractivity contribution in [3.8, 4) is 0 Å². The van der Waals surface area contributed by atoms with Crippen LogP contribution in [-0.4, -0.2) is 50.3 Å². The maximum Gasteiger partial charge on any atom is 0.0621 e. The van der Waals surface area contributed by atoms with Crippen molar-refractivity contribution in [3.63, 3.8) is 0 Å². The van der Waals surface area contributed by atoms with Gasteiger partial charge in [0.25, 0.3) is 0 Å². The van der Waals surface area contributed by atoms with Gasteiger partial charge in [-0.05, 0) is 57.7 Å². The Bertz CT molecular complexity index is 204. The molecule has 2 atom stereocenters. The van der Waals surface area contributed by atoms with Crippen molar-refractivity contribution in [2.45, 2.75) is 45.1 Å². The minimum absolute atomic E-state index is 0.706. The van der Waals surface area contributed by atoms with Gasteiger partial charge in [-0.3, -0.25) is 4.90 Å². The van der Waals surface area contributed by atoms with E-state index in [9.17, 15) is 0 Å². The van der Waals surface area contributed by atoms with E-state index < -0.39 is 0 Å². The zero-order valence-electron chi connectivity index (χ0n) is 11.3. The first-order valence-electron chi connectivity index (χ1n) is 7.42. The molecule has 2 aliphatic heterocycles. The molecule has 3 heteroatoms. The maximum absolute atomic E-state index is 5.61. The average Bonchev–Trinajstić information content (AvgIpc) is 2.41. The van der Waals surface area contributed by atoms with Crippen LogP contribution in [-0.2, 0) is 4.74 Å². The van der Waals surface area contributed by atoms with Gasteiger partial charge in [0, 0.05) is 19.2 Å². The second-order valence-corrected chi connectivity index (χ2v) is 5.58. The van der Waals surface area contributed by atoms with Crippen LogP contribution in [0.3, 0.4) is 0 Å². The summed E-state index contributed by atoms with van der Waals surface area (Å²) in [5.41, 5.74) is 0. The van der Waals surface area contributed by atoms with Gasteiger partial charge in [-0.2, -0.15) is 0 Å². The number of nitrogens with zero attached hydrogens (tertiary/aromatic N) is 1. The lowest BCUT2D eigenvalue weighted by molar-refractivity contribution is 0.00180. The monoisotopic (exact) mass is 240 g/mol. The molecule has 0 aromatic heterocycles. The molecular formula is C14H28N2O. The van der Waals surface area contributed by atoms with E-state index in [0.29, 0.717) is 6.04 Å². The van der Waals surface area contributed by atoms with E-state index in [2.05, 4.69) is 17.1 Å². The molecule has 2 unspecified atom stereocenters. The summed E-state index contributed by atoms with van der Waals surface area (Å²) < 4.78 is 5.61. The Hall–Kier alpha value is -0.120. The lowest BCUT2D eigenvalue weighted by Crippen LogP contribution is -2.48. The first-order chi connectivity index (χ1) is 8.40. The quantitative estimate of drug-likeness (QED) is 0.743. The summed E-state index contributed by atoms with van der Waals surface area (Å²) in [6, 6.07) is 0.706. The van der Waals surface area contributed by atoms with Crippen molar-refractivity contribution in [1.82, 2.24) is 10.2 Å². The van der Waals surface area contributed by atoms with Gasteiger partial charge >= 0.3 is 0 Å². The second kappa shape index (κ2) is 7.34. The van der Waals surface area contributed by atoms with Crippen LogP contribution >= 0.6 is 0 Å². The van der Waals surface area contributed by atoms with E-state index in [1.54, 1.807) is 0 Å². The Labute approximate surface area is 106 Å². The van der Waals surface area contributed by atoms with Gasteiger partial charge in [-0.15, -0.1) is 0 Å². The lowest BCUT2D eigenvalue weighted by atomic mass is 9.95. The summed E-state index contributed by atoms with van der Waals surface area (Å²) in [6.45, 7) is 9.13. The molecule has 0 spiro atoms. The molecule has 2 heterocycles. The highest BCUT2D eigenvalue weighted by Crippen LogP contribution is 2.21. The summed E-state index contributed by atoms with van der Waals surface area (Å²) in [4.78, 5) is 2.68. The fourth-order valence-corrected chi connectivity index (χ4v) is 3.09. The zero-order chi connectivity index (χ0) is 11.9. The molecule has 17 heavy (non-hydrogen) atoms.